The van der Waals surface area contributed by atoms with Crippen molar-refractivity contribution >= 4 is 32.3 Å². The smallest absolute Gasteiger partial charge is 0.0159 e. The highest BCUT2D eigenvalue weighted by Crippen LogP contribution is 2.51. The maximum absolute atomic E-state index is 2.46. The minimum atomic E-state index is -0.0997. The first-order valence-electron chi connectivity index (χ1n) is 15.2. The van der Waals surface area contributed by atoms with E-state index in [1.807, 2.05) is 0 Å². The molecular weight excluding hydrogens is 516 g/mol. The molecule has 43 heavy (non-hydrogen) atoms. The Labute approximate surface area is 252 Å². The summed E-state index contributed by atoms with van der Waals surface area (Å²) in [4.78, 5) is 0. The maximum atomic E-state index is 2.46. The minimum absolute atomic E-state index is 0.0997. The van der Waals surface area contributed by atoms with E-state index in [1.54, 1.807) is 0 Å². The van der Waals surface area contributed by atoms with E-state index < -0.39 is 0 Å². The largest absolute Gasteiger partial charge is 0.0622 e. The van der Waals surface area contributed by atoms with Crippen molar-refractivity contribution in [1.82, 2.24) is 0 Å². The highest BCUT2D eigenvalue weighted by molar-refractivity contribution is 6.25. The summed E-state index contributed by atoms with van der Waals surface area (Å²) in [5.74, 6) is 0. The third kappa shape index (κ3) is 3.57. The van der Waals surface area contributed by atoms with E-state index >= 15 is 0 Å². The van der Waals surface area contributed by atoms with Gasteiger partial charge in [-0.1, -0.05) is 141 Å². The van der Waals surface area contributed by atoms with Crippen molar-refractivity contribution in [2.24, 2.45) is 0 Å². The van der Waals surface area contributed by atoms with Gasteiger partial charge in [0.1, 0.15) is 0 Å². The van der Waals surface area contributed by atoms with Crippen molar-refractivity contribution in [2.75, 3.05) is 0 Å². The monoisotopic (exact) mass is 546 g/mol. The third-order valence-corrected chi connectivity index (χ3v) is 9.82. The zero-order valence-electron chi connectivity index (χ0n) is 24.4. The van der Waals surface area contributed by atoms with Gasteiger partial charge in [0.25, 0.3) is 0 Å². The molecule has 0 heteroatoms. The predicted molar refractivity (Wildman–Crippen MR) is 184 cm³/mol. The molecule has 1 aliphatic rings. The number of rotatable bonds is 3. The van der Waals surface area contributed by atoms with Crippen LogP contribution in [-0.4, -0.2) is 0 Å². The lowest BCUT2D eigenvalue weighted by molar-refractivity contribution is 0.661. The van der Waals surface area contributed by atoms with Gasteiger partial charge in [-0.15, -0.1) is 0 Å². The molecule has 1 aliphatic carbocycles. The fourth-order valence-electron chi connectivity index (χ4n) is 7.58. The van der Waals surface area contributed by atoms with Gasteiger partial charge in [0.05, 0.1) is 0 Å². The van der Waals surface area contributed by atoms with Crippen molar-refractivity contribution in [2.45, 2.75) is 19.3 Å². The molecule has 0 bridgehead atoms. The van der Waals surface area contributed by atoms with E-state index in [1.165, 1.54) is 88.0 Å². The summed E-state index contributed by atoms with van der Waals surface area (Å²) in [6.07, 6.45) is 0. The molecule has 0 aromatic heterocycles. The topological polar surface area (TPSA) is 0 Å². The molecule has 0 amide bonds. The molecule has 9 rings (SSSR count). The number of hydrogen-bond acceptors (Lipinski definition) is 0. The minimum Gasteiger partial charge on any atom is -0.0622 e. The SMILES string of the molecule is CC1(C)c2cc(-c3cccc(-c4ccccc4)c3)ccc2-c2ccc(-c3ccc4ccc5cccc6ccc3c4c56)cc21. The number of benzene rings is 8. The van der Waals surface area contributed by atoms with Crippen LogP contribution in [0.2, 0.25) is 0 Å². The Kier molecular flexibility index (Phi) is 5.05. The fraction of sp³-hybridized carbons (Fsp3) is 0.0698. The van der Waals surface area contributed by atoms with E-state index in [2.05, 4.69) is 159 Å². The molecule has 0 N–H and O–H groups in total. The Morgan fingerprint density at radius 3 is 1.60 bits per heavy atom. The standard InChI is InChI=1S/C43H30/c1-43(2)39-25-33(32-13-7-12-31(24-32)27-8-4-3-5-9-27)18-21-36(39)37-22-19-34(26-40(37)43)35-20-16-30-15-14-28-10-6-11-29-17-23-38(35)42(30)41(28)29/h3-26H,1-2H3. The fourth-order valence-corrected chi connectivity index (χ4v) is 7.58. The molecule has 8 aromatic rings. The van der Waals surface area contributed by atoms with E-state index in [0.29, 0.717) is 0 Å². The Balaban J connectivity index is 1.16. The molecule has 0 unspecified atom stereocenters. The molecule has 0 atom stereocenters. The molecule has 0 saturated carbocycles. The molecule has 0 nitrogen and oxygen atoms in total. The van der Waals surface area contributed by atoms with Crippen LogP contribution in [0.3, 0.4) is 0 Å². The van der Waals surface area contributed by atoms with Crippen molar-refractivity contribution in [1.29, 1.82) is 0 Å². The zero-order valence-corrected chi connectivity index (χ0v) is 24.4. The second kappa shape index (κ2) is 8.90. The third-order valence-electron chi connectivity index (χ3n) is 9.82. The highest BCUT2D eigenvalue weighted by Gasteiger charge is 2.36. The summed E-state index contributed by atoms with van der Waals surface area (Å²) in [5.41, 5.74) is 13.0. The van der Waals surface area contributed by atoms with Gasteiger partial charge in [-0.05, 0) is 106 Å². The summed E-state index contributed by atoms with van der Waals surface area (Å²) >= 11 is 0. The Hall–Kier alpha value is -5.20. The Bertz CT molecular complexity index is 2340. The quantitative estimate of drug-likeness (QED) is 0.193. The number of fused-ring (bicyclic) bond motifs is 3. The van der Waals surface area contributed by atoms with E-state index in [4.69, 9.17) is 0 Å². The lowest BCUT2D eigenvalue weighted by Gasteiger charge is -2.23. The highest BCUT2D eigenvalue weighted by atomic mass is 14.4. The van der Waals surface area contributed by atoms with Crippen LogP contribution in [-0.2, 0) is 5.41 Å². The lowest BCUT2D eigenvalue weighted by atomic mass is 9.80. The van der Waals surface area contributed by atoms with Gasteiger partial charge >= 0.3 is 0 Å². The molecule has 0 heterocycles. The predicted octanol–water partition coefficient (Wildman–Crippen LogP) is 11.9. The van der Waals surface area contributed by atoms with Gasteiger partial charge in [0.2, 0.25) is 0 Å². The second-order valence-corrected chi connectivity index (χ2v) is 12.6. The molecule has 202 valence electrons. The Morgan fingerprint density at radius 2 is 0.860 bits per heavy atom. The zero-order chi connectivity index (χ0) is 28.7. The molecule has 0 radical (unpaired) electrons. The molecule has 0 aliphatic heterocycles. The van der Waals surface area contributed by atoms with Gasteiger partial charge in [0, 0.05) is 5.41 Å². The van der Waals surface area contributed by atoms with Crippen LogP contribution in [0.15, 0.2) is 146 Å². The summed E-state index contributed by atoms with van der Waals surface area (Å²) in [6, 6.07) is 54.1. The van der Waals surface area contributed by atoms with Crippen LogP contribution in [0.25, 0.3) is 76.8 Å². The van der Waals surface area contributed by atoms with E-state index in [-0.39, 0.29) is 5.41 Å². The summed E-state index contributed by atoms with van der Waals surface area (Å²) in [6.45, 7) is 4.77. The lowest BCUT2D eigenvalue weighted by Crippen LogP contribution is -2.15. The van der Waals surface area contributed by atoms with Gasteiger partial charge in [0.15, 0.2) is 0 Å². The van der Waals surface area contributed by atoms with Crippen LogP contribution in [0.4, 0.5) is 0 Å². The normalized spacial score (nSPS) is 13.5. The van der Waals surface area contributed by atoms with Crippen LogP contribution in [0.1, 0.15) is 25.0 Å². The van der Waals surface area contributed by atoms with Gasteiger partial charge in [-0.2, -0.15) is 0 Å². The molecule has 0 fully saturated rings. The van der Waals surface area contributed by atoms with Gasteiger partial charge < -0.3 is 0 Å². The van der Waals surface area contributed by atoms with Gasteiger partial charge in [-0.25, -0.2) is 0 Å². The second-order valence-electron chi connectivity index (χ2n) is 12.6. The first-order chi connectivity index (χ1) is 21.1. The van der Waals surface area contributed by atoms with Crippen molar-refractivity contribution < 1.29 is 0 Å². The van der Waals surface area contributed by atoms with Gasteiger partial charge in [-0.3, -0.25) is 0 Å². The van der Waals surface area contributed by atoms with Crippen LogP contribution in [0, 0.1) is 0 Å². The van der Waals surface area contributed by atoms with E-state index in [9.17, 15) is 0 Å². The van der Waals surface area contributed by atoms with Crippen molar-refractivity contribution in [3.63, 3.8) is 0 Å². The summed E-state index contributed by atoms with van der Waals surface area (Å²) < 4.78 is 0. The number of hydrogen-bond donors (Lipinski definition) is 0. The molecule has 8 aromatic carbocycles. The summed E-state index contributed by atoms with van der Waals surface area (Å²) in [5, 5.41) is 8.00. The van der Waals surface area contributed by atoms with Crippen LogP contribution in [0.5, 0.6) is 0 Å². The first kappa shape index (κ1) is 24.4. The van der Waals surface area contributed by atoms with Crippen molar-refractivity contribution in [3.05, 3.63) is 157 Å². The maximum Gasteiger partial charge on any atom is 0.0159 e. The van der Waals surface area contributed by atoms with E-state index in [0.717, 1.165) is 0 Å². The molecular formula is C43H30. The molecule has 0 spiro atoms. The Morgan fingerprint density at radius 1 is 0.349 bits per heavy atom. The average Bonchev–Trinajstić information content (AvgIpc) is 3.29. The molecule has 0 saturated heterocycles. The van der Waals surface area contributed by atoms with Crippen LogP contribution >= 0.6 is 0 Å². The summed E-state index contributed by atoms with van der Waals surface area (Å²) in [7, 11) is 0. The van der Waals surface area contributed by atoms with Crippen LogP contribution < -0.4 is 0 Å². The first-order valence-corrected chi connectivity index (χ1v) is 15.2. The van der Waals surface area contributed by atoms with Crippen molar-refractivity contribution in [3.8, 4) is 44.5 Å². The average molecular weight is 547 g/mol.